The number of nitrogens with zero attached hydrogens (tertiary/aromatic N) is 2. The second kappa shape index (κ2) is 5.63. The maximum atomic E-state index is 9.10. The second-order valence-electron chi connectivity index (χ2n) is 5.99. The van der Waals surface area contributed by atoms with Gasteiger partial charge in [0.25, 0.3) is 0 Å². The van der Waals surface area contributed by atoms with E-state index < -0.39 is 0 Å². The number of benzene rings is 1. The van der Waals surface area contributed by atoms with Gasteiger partial charge in [0.15, 0.2) is 0 Å². The Morgan fingerprint density at radius 1 is 1.47 bits per heavy atom. The summed E-state index contributed by atoms with van der Waals surface area (Å²) in [7, 11) is 0. The summed E-state index contributed by atoms with van der Waals surface area (Å²) in [6.45, 7) is 8.55. The van der Waals surface area contributed by atoms with Gasteiger partial charge in [-0.1, -0.05) is 12.1 Å². The Balaban J connectivity index is 2.41. The highest BCUT2D eigenvalue weighted by molar-refractivity contribution is 5.52. The van der Waals surface area contributed by atoms with Gasteiger partial charge in [-0.15, -0.1) is 0 Å². The molecule has 1 atom stereocenters. The predicted octanol–water partition coefficient (Wildman–Crippen LogP) is 2.86. The number of rotatable bonds is 2. The number of aryl methyl sites for hydroxylation is 1. The Labute approximate surface area is 116 Å². The molecule has 1 aromatic rings. The van der Waals surface area contributed by atoms with Gasteiger partial charge in [0, 0.05) is 17.8 Å². The summed E-state index contributed by atoms with van der Waals surface area (Å²) < 4.78 is 0. The summed E-state index contributed by atoms with van der Waals surface area (Å²) >= 11 is 0. The lowest BCUT2D eigenvalue weighted by Crippen LogP contribution is -2.50. The Morgan fingerprint density at radius 2 is 2.26 bits per heavy atom. The van der Waals surface area contributed by atoms with E-state index in [1.807, 2.05) is 0 Å². The smallest absolute Gasteiger partial charge is 0.0643 e. The molecule has 0 aliphatic carbocycles. The number of nitrogens with one attached hydrogen (secondary N) is 1. The monoisotopic (exact) mass is 257 g/mol. The fraction of sp³-hybridized carbons (Fsp3) is 0.562. The van der Waals surface area contributed by atoms with Crippen LogP contribution in [0.3, 0.4) is 0 Å². The Bertz CT molecular complexity index is 473. The van der Waals surface area contributed by atoms with Crippen LogP contribution in [-0.2, 0) is 0 Å². The van der Waals surface area contributed by atoms with Crippen molar-refractivity contribution in [1.82, 2.24) is 5.32 Å². The standard InChI is InChI=1S/C16H23N3/c1-13-5-4-6-14(11-13)19-15(7-9-17)12-18-10-8-16(19,2)3/h4-6,11,15,18H,7-8,10,12H2,1-3H3. The van der Waals surface area contributed by atoms with Crippen molar-refractivity contribution in [3.8, 4) is 6.07 Å². The Hall–Kier alpha value is -1.53. The summed E-state index contributed by atoms with van der Waals surface area (Å²) in [4.78, 5) is 2.43. The van der Waals surface area contributed by atoms with Crippen molar-refractivity contribution < 1.29 is 0 Å². The fourth-order valence-corrected chi connectivity index (χ4v) is 2.98. The molecule has 0 saturated carbocycles. The summed E-state index contributed by atoms with van der Waals surface area (Å²) in [5.41, 5.74) is 2.56. The van der Waals surface area contributed by atoms with E-state index in [1.54, 1.807) is 0 Å². The normalized spacial score (nSPS) is 22.6. The quantitative estimate of drug-likeness (QED) is 0.885. The molecule has 1 aromatic carbocycles. The molecular formula is C16H23N3. The Morgan fingerprint density at radius 3 is 2.95 bits per heavy atom. The Kier molecular flexibility index (Phi) is 4.11. The molecule has 1 unspecified atom stereocenters. The van der Waals surface area contributed by atoms with Gasteiger partial charge in [-0.3, -0.25) is 0 Å². The highest BCUT2D eigenvalue weighted by atomic mass is 15.2. The molecule has 1 aliphatic heterocycles. The first-order valence-electron chi connectivity index (χ1n) is 6.98. The van der Waals surface area contributed by atoms with E-state index in [0.29, 0.717) is 6.42 Å². The van der Waals surface area contributed by atoms with Crippen LogP contribution >= 0.6 is 0 Å². The lowest BCUT2D eigenvalue weighted by molar-refractivity contribution is 0.418. The average Bonchev–Trinajstić information content (AvgIpc) is 2.48. The summed E-state index contributed by atoms with van der Waals surface area (Å²) in [6, 6.07) is 11.2. The first kappa shape index (κ1) is 13.9. The molecule has 0 radical (unpaired) electrons. The van der Waals surface area contributed by atoms with Gasteiger partial charge in [0.2, 0.25) is 0 Å². The first-order chi connectivity index (χ1) is 9.04. The second-order valence-corrected chi connectivity index (χ2v) is 5.99. The van der Waals surface area contributed by atoms with E-state index in [0.717, 1.165) is 19.5 Å². The van der Waals surface area contributed by atoms with Crippen LogP contribution in [0, 0.1) is 18.3 Å². The van der Waals surface area contributed by atoms with E-state index in [2.05, 4.69) is 61.3 Å². The van der Waals surface area contributed by atoms with Crippen LogP contribution in [0.5, 0.6) is 0 Å². The number of hydrogen-bond acceptors (Lipinski definition) is 3. The maximum absolute atomic E-state index is 9.10. The highest BCUT2D eigenvalue weighted by Crippen LogP contribution is 2.31. The molecular weight excluding hydrogens is 234 g/mol. The zero-order chi connectivity index (χ0) is 13.9. The number of nitriles is 1. The van der Waals surface area contributed by atoms with Gasteiger partial charge in [-0.25, -0.2) is 0 Å². The molecule has 1 saturated heterocycles. The first-order valence-corrected chi connectivity index (χ1v) is 6.98. The molecule has 1 N–H and O–H groups in total. The van der Waals surface area contributed by atoms with Crippen molar-refractivity contribution in [3.63, 3.8) is 0 Å². The van der Waals surface area contributed by atoms with Gasteiger partial charge in [-0.05, 0) is 51.4 Å². The van der Waals surface area contributed by atoms with Crippen LogP contribution < -0.4 is 10.2 Å². The van der Waals surface area contributed by atoms with Gasteiger partial charge >= 0.3 is 0 Å². The summed E-state index contributed by atoms with van der Waals surface area (Å²) in [5, 5.41) is 12.6. The predicted molar refractivity (Wildman–Crippen MR) is 79.2 cm³/mol. The van der Waals surface area contributed by atoms with Crippen LogP contribution in [0.4, 0.5) is 5.69 Å². The van der Waals surface area contributed by atoms with E-state index in [4.69, 9.17) is 5.26 Å². The van der Waals surface area contributed by atoms with E-state index in [9.17, 15) is 0 Å². The van der Waals surface area contributed by atoms with E-state index >= 15 is 0 Å². The average molecular weight is 257 g/mol. The largest absolute Gasteiger partial charge is 0.361 e. The van der Waals surface area contributed by atoms with Crippen molar-refractivity contribution in [2.45, 2.75) is 45.2 Å². The number of hydrogen-bond donors (Lipinski definition) is 1. The van der Waals surface area contributed by atoms with Crippen molar-refractivity contribution in [3.05, 3.63) is 29.8 Å². The van der Waals surface area contributed by atoms with Gasteiger partial charge in [-0.2, -0.15) is 5.26 Å². The molecule has 0 bridgehead atoms. The molecule has 102 valence electrons. The van der Waals surface area contributed by atoms with Crippen LogP contribution in [0.2, 0.25) is 0 Å². The molecule has 0 spiro atoms. The fourth-order valence-electron chi connectivity index (χ4n) is 2.98. The summed E-state index contributed by atoms with van der Waals surface area (Å²) in [6.07, 6.45) is 1.65. The van der Waals surface area contributed by atoms with Gasteiger partial charge < -0.3 is 10.2 Å². The van der Waals surface area contributed by atoms with Crippen molar-refractivity contribution in [1.29, 1.82) is 5.26 Å². The van der Waals surface area contributed by atoms with Crippen molar-refractivity contribution in [2.75, 3.05) is 18.0 Å². The SMILES string of the molecule is Cc1cccc(N2C(CC#N)CNCCC2(C)C)c1. The maximum Gasteiger partial charge on any atom is 0.0643 e. The molecule has 3 nitrogen and oxygen atoms in total. The lowest BCUT2D eigenvalue weighted by atomic mass is 9.95. The van der Waals surface area contributed by atoms with Crippen LogP contribution in [0.15, 0.2) is 24.3 Å². The number of anilines is 1. The van der Waals surface area contributed by atoms with Crippen LogP contribution in [0.25, 0.3) is 0 Å². The van der Waals surface area contributed by atoms with Gasteiger partial charge in [0.1, 0.15) is 0 Å². The third-order valence-corrected chi connectivity index (χ3v) is 3.92. The molecule has 0 aromatic heterocycles. The van der Waals surface area contributed by atoms with Crippen LogP contribution in [-0.4, -0.2) is 24.7 Å². The van der Waals surface area contributed by atoms with Crippen molar-refractivity contribution in [2.24, 2.45) is 0 Å². The molecule has 1 aliphatic rings. The molecule has 19 heavy (non-hydrogen) atoms. The molecule has 0 amide bonds. The van der Waals surface area contributed by atoms with Crippen molar-refractivity contribution >= 4 is 5.69 Å². The molecule has 1 heterocycles. The minimum absolute atomic E-state index is 0.0683. The van der Waals surface area contributed by atoms with Gasteiger partial charge in [0.05, 0.1) is 18.5 Å². The van der Waals surface area contributed by atoms with E-state index in [1.165, 1.54) is 11.3 Å². The summed E-state index contributed by atoms with van der Waals surface area (Å²) in [5.74, 6) is 0. The molecule has 2 rings (SSSR count). The minimum atomic E-state index is 0.0683. The third kappa shape index (κ3) is 3.08. The topological polar surface area (TPSA) is 39.1 Å². The lowest BCUT2D eigenvalue weighted by Gasteiger charge is -2.43. The minimum Gasteiger partial charge on any atom is -0.361 e. The third-order valence-electron chi connectivity index (χ3n) is 3.92. The molecule has 3 heteroatoms. The molecule has 1 fully saturated rings. The zero-order valence-electron chi connectivity index (χ0n) is 12.1. The van der Waals surface area contributed by atoms with E-state index in [-0.39, 0.29) is 11.6 Å². The highest BCUT2D eigenvalue weighted by Gasteiger charge is 2.34. The zero-order valence-corrected chi connectivity index (χ0v) is 12.1. The van der Waals surface area contributed by atoms with Crippen LogP contribution in [0.1, 0.15) is 32.3 Å².